The lowest BCUT2D eigenvalue weighted by atomic mass is 9.80. The summed E-state index contributed by atoms with van der Waals surface area (Å²) in [4.78, 5) is 14.4. The molecule has 0 unspecified atom stereocenters. The molecule has 3 aromatic carbocycles. The van der Waals surface area contributed by atoms with Gasteiger partial charge in [-0.15, -0.1) is 0 Å². The van der Waals surface area contributed by atoms with E-state index in [9.17, 15) is 4.79 Å². The van der Waals surface area contributed by atoms with E-state index in [1.54, 1.807) is 21.3 Å². The molecular formula is C30H35NO6. The zero-order valence-electron chi connectivity index (χ0n) is 21.9. The van der Waals surface area contributed by atoms with Crippen LogP contribution in [0.15, 0.2) is 72.8 Å². The highest BCUT2D eigenvalue weighted by Gasteiger charge is 2.39. The Bertz CT molecular complexity index is 1030. The second kappa shape index (κ2) is 12.1. The molecule has 0 saturated carbocycles. The molecule has 1 aliphatic heterocycles. The molecule has 4 rings (SSSR count). The lowest BCUT2D eigenvalue weighted by molar-refractivity contribution is -0.146. The Morgan fingerprint density at radius 1 is 0.757 bits per heavy atom. The van der Waals surface area contributed by atoms with E-state index in [1.165, 1.54) is 7.11 Å². The maximum Gasteiger partial charge on any atom is 0.323 e. The highest BCUT2D eigenvalue weighted by Crippen LogP contribution is 2.42. The molecule has 0 radical (unpaired) electrons. The number of likely N-dealkylation sites (tertiary alicyclic amines) is 1. The van der Waals surface area contributed by atoms with Gasteiger partial charge in [-0.05, 0) is 72.5 Å². The molecule has 1 saturated heterocycles. The Kier molecular flexibility index (Phi) is 8.69. The summed E-state index contributed by atoms with van der Waals surface area (Å²) in [7, 11) is 6.40. The van der Waals surface area contributed by atoms with Gasteiger partial charge in [0.2, 0.25) is 0 Å². The fourth-order valence-corrected chi connectivity index (χ4v) is 5.04. The lowest BCUT2D eigenvalue weighted by Crippen LogP contribution is -2.41. The highest BCUT2D eigenvalue weighted by atomic mass is 16.5. The fraction of sp³-hybridized carbons (Fsp3) is 0.367. The molecule has 3 aromatic rings. The molecule has 0 aliphatic carbocycles. The number of carbonyl (C=O) groups is 1. The molecule has 1 aliphatic rings. The SMILES string of the molecule is COC(=O)[C@H]1CCCN1CCOC(c1ccc(OC)cc1)(c1ccc(OC)cc1)c1ccc(OC)cc1. The third-order valence-corrected chi connectivity index (χ3v) is 7.02. The van der Waals surface area contributed by atoms with Gasteiger partial charge in [0.25, 0.3) is 0 Å². The van der Waals surface area contributed by atoms with Crippen LogP contribution in [0.3, 0.4) is 0 Å². The van der Waals surface area contributed by atoms with E-state index >= 15 is 0 Å². The van der Waals surface area contributed by atoms with Gasteiger partial charge in [-0.3, -0.25) is 9.69 Å². The first-order chi connectivity index (χ1) is 18.0. The highest BCUT2D eigenvalue weighted by molar-refractivity contribution is 5.76. The van der Waals surface area contributed by atoms with Crippen LogP contribution in [0.5, 0.6) is 17.2 Å². The molecule has 0 aromatic heterocycles. The van der Waals surface area contributed by atoms with Gasteiger partial charge in [0.05, 0.1) is 35.0 Å². The fourth-order valence-electron chi connectivity index (χ4n) is 5.04. The Balaban J connectivity index is 1.77. The average molecular weight is 506 g/mol. The van der Waals surface area contributed by atoms with Crippen LogP contribution in [0.1, 0.15) is 29.5 Å². The molecule has 7 heteroatoms. The van der Waals surface area contributed by atoms with Crippen molar-refractivity contribution in [3.05, 3.63) is 89.5 Å². The molecule has 0 bridgehead atoms. The van der Waals surface area contributed by atoms with E-state index in [2.05, 4.69) is 4.90 Å². The summed E-state index contributed by atoms with van der Waals surface area (Å²) in [6, 6.07) is 23.6. The van der Waals surface area contributed by atoms with Crippen molar-refractivity contribution >= 4 is 5.97 Å². The molecule has 1 heterocycles. The van der Waals surface area contributed by atoms with Gasteiger partial charge in [0, 0.05) is 6.54 Å². The van der Waals surface area contributed by atoms with Crippen molar-refractivity contribution in [3.63, 3.8) is 0 Å². The van der Waals surface area contributed by atoms with Crippen LogP contribution in [0.4, 0.5) is 0 Å². The van der Waals surface area contributed by atoms with Gasteiger partial charge in [-0.1, -0.05) is 36.4 Å². The minimum Gasteiger partial charge on any atom is -0.497 e. The van der Waals surface area contributed by atoms with E-state index in [0.717, 1.165) is 53.3 Å². The molecule has 0 amide bonds. The van der Waals surface area contributed by atoms with Gasteiger partial charge in [-0.2, -0.15) is 0 Å². The number of esters is 1. The van der Waals surface area contributed by atoms with Crippen molar-refractivity contribution in [3.8, 4) is 17.2 Å². The number of hydrogen-bond acceptors (Lipinski definition) is 7. The average Bonchev–Trinajstić information content (AvgIpc) is 3.44. The second-order valence-electron chi connectivity index (χ2n) is 8.93. The van der Waals surface area contributed by atoms with Crippen molar-refractivity contribution in [2.24, 2.45) is 0 Å². The molecule has 37 heavy (non-hydrogen) atoms. The minimum atomic E-state index is -0.925. The summed E-state index contributed by atoms with van der Waals surface area (Å²) in [5.41, 5.74) is 1.93. The third kappa shape index (κ3) is 5.58. The number of ether oxygens (including phenoxy) is 5. The topological polar surface area (TPSA) is 66.5 Å². The molecule has 7 nitrogen and oxygen atoms in total. The largest absolute Gasteiger partial charge is 0.497 e. The van der Waals surface area contributed by atoms with Crippen molar-refractivity contribution in [1.29, 1.82) is 0 Å². The van der Waals surface area contributed by atoms with Crippen molar-refractivity contribution in [2.75, 3.05) is 48.1 Å². The lowest BCUT2D eigenvalue weighted by Gasteiger charge is -2.37. The molecule has 1 atom stereocenters. The summed E-state index contributed by atoms with van der Waals surface area (Å²) in [6.07, 6.45) is 1.76. The zero-order valence-corrected chi connectivity index (χ0v) is 21.9. The first kappa shape index (κ1) is 26.5. The van der Waals surface area contributed by atoms with Gasteiger partial charge in [0.15, 0.2) is 0 Å². The monoisotopic (exact) mass is 505 g/mol. The Labute approximate surface area is 218 Å². The van der Waals surface area contributed by atoms with Gasteiger partial charge in [-0.25, -0.2) is 0 Å². The van der Waals surface area contributed by atoms with Crippen molar-refractivity contribution in [2.45, 2.75) is 24.5 Å². The number of hydrogen-bond donors (Lipinski definition) is 0. The zero-order chi connectivity index (χ0) is 26.3. The smallest absolute Gasteiger partial charge is 0.323 e. The number of methoxy groups -OCH3 is 4. The summed E-state index contributed by atoms with van der Waals surface area (Å²) in [5, 5.41) is 0. The number of rotatable bonds is 11. The van der Waals surface area contributed by atoms with Crippen LogP contribution in [0.25, 0.3) is 0 Å². The molecule has 0 N–H and O–H groups in total. The van der Waals surface area contributed by atoms with Crippen LogP contribution >= 0.6 is 0 Å². The Hall–Kier alpha value is -3.55. The minimum absolute atomic E-state index is 0.191. The first-order valence-electron chi connectivity index (χ1n) is 12.4. The van der Waals surface area contributed by atoms with Gasteiger partial charge >= 0.3 is 5.97 Å². The van der Waals surface area contributed by atoms with Crippen LogP contribution in [-0.4, -0.2) is 65.0 Å². The van der Waals surface area contributed by atoms with Crippen LogP contribution in [0, 0.1) is 0 Å². The molecule has 196 valence electrons. The van der Waals surface area contributed by atoms with Gasteiger partial charge < -0.3 is 23.7 Å². The normalized spacial score (nSPS) is 15.8. The maximum absolute atomic E-state index is 12.3. The van der Waals surface area contributed by atoms with E-state index in [4.69, 9.17) is 23.7 Å². The third-order valence-electron chi connectivity index (χ3n) is 7.02. The van der Waals surface area contributed by atoms with E-state index in [-0.39, 0.29) is 12.0 Å². The van der Waals surface area contributed by atoms with Crippen molar-refractivity contribution in [1.82, 2.24) is 4.90 Å². The predicted molar refractivity (Wildman–Crippen MR) is 141 cm³/mol. The maximum atomic E-state index is 12.3. The predicted octanol–water partition coefficient (Wildman–Crippen LogP) is 4.66. The Morgan fingerprint density at radius 2 is 1.19 bits per heavy atom. The number of carbonyl (C=O) groups excluding carboxylic acids is 1. The van der Waals surface area contributed by atoms with E-state index in [1.807, 2.05) is 72.8 Å². The van der Waals surface area contributed by atoms with Crippen LogP contribution in [-0.2, 0) is 19.9 Å². The summed E-state index contributed by atoms with van der Waals surface area (Å²) >= 11 is 0. The standard InChI is InChI=1S/C30H35NO6/c1-33-25-13-7-22(8-14-25)30(23-9-15-26(34-2)16-10-23,24-11-17-27(35-3)18-12-24)37-21-20-31-19-5-6-28(31)29(32)36-4/h7-18,28H,5-6,19-21H2,1-4H3/t28-/m1/s1. The quantitative estimate of drug-likeness (QED) is 0.277. The number of benzene rings is 3. The number of nitrogens with zero attached hydrogens (tertiary/aromatic N) is 1. The summed E-state index contributed by atoms with van der Waals surface area (Å²) in [6.45, 7) is 1.84. The second-order valence-corrected chi connectivity index (χ2v) is 8.93. The summed E-state index contributed by atoms with van der Waals surface area (Å²) < 4.78 is 28.2. The molecular weight excluding hydrogens is 470 g/mol. The molecule has 0 spiro atoms. The summed E-state index contributed by atoms with van der Waals surface area (Å²) in [5.74, 6) is 2.10. The van der Waals surface area contributed by atoms with Gasteiger partial charge in [0.1, 0.15) is 28.9 Å². The first-order valence-corrected chi connectivity index (χ1v) is 12.4. The van der Waals surface area contributed by atoms with E-state index in [0.29, 0.717) is 13.2 Å². The van der Waals surface area contributed by atoms with Crippen LogP contribution < -0.4 is 14.2 Å². The van der Waals surface area contributed by atoms with Crippen LogP contribution in [0.2, 0.25) is 0 Å². The van der Waals surface area contributed by atoms with Crippen molar-refractivity contribution < 1.29 is 28.5 Å². The Morgan fingerprint density at radius 3 is 1.57 bits per heavy atom. The molecule has 1 fully saturated rings. The van der Waals surface area contributed by atoms with E-state index < -0.39 is 5.60 Å².